The van der Waals surface area contributed by atoms with Gasteiger partial charge in [-0.3, -0.25) is 0 Å². The second kappa shape index (κ2) is 13.6. The number of likely N-dealkylation sites (N-methyl/N-ethyl adjacent to an activating group) is 1. The van der Waals surface area contributed by atoms with Crippen molar-refractivity contribution in [1.29, 1.82) is 0 Å². The van der Waals surface area contributed by atoms with Crippen LogP contribution in [0.5, 0.6) is 11.5 Å². The van der Waals surface area contributed by atoms with E-state index in [4.69, 9.17) is 9.47 Å². The van der Waals surface area contributed by atoms with E-state index in [0.29, 0.717) is 13.2 Å². The largest absolute Gasteiger partial charge is 0.492 e. The summed E-state index contributed by atoms with van der Waals surface area (Å²) in [7, 11) is 0. The first-order valence-electron chi connectivity index (χ1n) is 11.1. The van der Waals surface area contributed by atoms with Gasteiger partial charge in [0.2, 0.25) is 0 Å². The van der Waals surface area contributed by atoms with Crippen LogP contribution in [0.3, 0.4) is 0 Å². The summed E-state index contributed by atoms with van der Waals surface area (Å²) in [6.07, 6.45) is 2.19. The van der Waals surface area contributed by atoms with E-state index < -0.39 is 0 Å². The summed E-state index contributed by atoms with van der Waals surface area (Å²) in [4.78, 5) is 2.36. The monoisotopic (exact) mass is 451 g/mol. The lowest BCUT2D eigenvalue weighted by molar-refractivity contribution is 0.223. The van der Waals surface area contributed by atoms with Crippen molar-refractivity contribution in [2.45, 2.75) is 27.4 Å². The van der Waals surface area contributed by atoms with Crippen LogP contribution in [0.1, 0.15) is 37.5 Å². The molecule has 170 valence electrons. The summed E-state index contributed by atoms with van der Waals surface area (Å²) in [5, 5.41) is 0. The first-order chi connectivity index (χ1) is 15.2. The summed E-state index contributed by atoms with van der Waals surface area (Å²) in [5.41, 5.74) is 4.74. The van der Waals surface area contributed by atoms with E-state index in [1.165, 1.54) is 16.7 Å². The highest BCUT2D eigenvalue weighted by Crippen LogP contribution is 2.22. The number of hydrogen-bond donors (Lipinski definition) is 0. The van der Waals surface area contributed by atoms with Crippen molar-refractivity contribution < 1.29 is 9.47 Å². The molecule has 0 spiro atoms. The SMILES string of the molecule is CCN(CC)CCOc1ccc(/C(C)=C/c2ccc(OCc3ccccc3)cc2)cc1.Cl. The van der Waals surface area contributed by atoms with Crippen molar-refractivity contribution >= 4 is 24.1 Å². The van der Waals surface area contributed by atoms with E-state index in [9.17, 15) is 0 Å². The Balaban J connectivity index is 0.00000363. The van der Waals surface area contributed by atoms with Crippen LogP contribution < -0.4 is 9.47 Å². The second-order valence-electron chi connectivity index (χ2n) is 7.57. The molecule has 3 rings (SSSR count). The highest BCUT2D eigenvalue weighted by Gasteiger charge is 2.02. The molecule has 0 amide bonds. The molecule has 3 aromatic rings. The highest BCUT2D eigenvalue weighted by molar-refractivity contribution is 5.85. The van der Waals surface area contributed by atoms with Gasteiger partial charge in [0.15, 0.2) is 0 Å². The summed E-state index contributed by atoms with van der Waals surface area (Å²) in [5.74, 6) is 1.80. The zero-order valence-corrected chi connectivity index (χ0v) is 20.1. The van der Waals surface area contributed by atoms with Gasteiger partial charge in [-0.15, -0.1) is 12.4 Å². The minimum atomic E-state index is 0. The maximum absolute atomic E-state index is 5.89. The molecule has 32 heavy (non-hydrogen) atoms. The fraction of sp³-hybridized carbons (Fsp3) is 0.286. The molecule has 3 aromatic carbocycles. The second-order valence-corrected chi connectivity index (χ2v) is 7.57. The van der Waals surface area contributed by atoms with E-state index in [-0.39, 0.29) is 12.4 Å². The molecule has 0 saturated heterocycles. The van der Waals surface area contributed by atoms with Gasteiger partial charge in [-0.05, 0) is 66.5 Å². The Morgan fingerprint density at radius 2 is 1.38 bits per heavy atom. The topological polar surface area (TPSA) is 21.7 Å². The van der Waals surface area contributed by atoms with Crippen molar-refractivity contribution in [3.8, 4) is 11.5 Å². The molecular formula is C28H34ClNO2. The third-order valence-electron chi connectivity index (χ3n) is 5.39. The first kappa shape index (κ1) is 25.5. The molecule has 0 atom stereocenters. The fourth-order valence-electron chi connectivity index (χ4n) is 3.38. The summed E-state index contributed by atoms with van der Waals surface area (Å²) in [6.45, 7) is 10.9. The van der Waals surface area contributed by atoms with Crippen LogP contribution >= 0.6 is 12.4 Å². The lowest BCUT2D eigenvalue weighted by Crippen LogP contribution is -2.27. The molecule has 3 nitrogen and oxygen atoms in total. The van der Waals surface area contributed by atoms with Crippen molar-refractivity contribution in [3.63, 3.8) is 0 Å². The lowest BCUT2D eigenvalue weighted by atomic mass is 10.0. The molecule has 0 aliphatic heterocycles. The van der Waals surface area contributed by atoms with Crippen molar-refractivity contribution in [3.05, 3.63) is 95.6 Å². The van der Waals surface area contributed by atoms with Crippen LogP contribution in [0, 0.1) is 0 Å². The summed E-state index contributed by atoms with van der Waals surface area (Å²) in [6, 6.07) is 26.8. The average molecular weight is 452 g/mol. The number of ether oxygens (including phenoxy) is 2. The standard InChI is InChI=1S/C28H33NO2.ClH/c1-4-29(5-2)19-20-30-27-17-13-26(14-18-27)23(3)21-24-11-15-28(16-12-24)31-22-25-9-7-6-8-10-25;/h6-18,21H,4-5,19-20,22H2,1-3H3;1H/b23-21+;. The number of nitrogens with zero attached hydrogens (tertiary/aromatic N) is 1. The predicted octanol–water partition coefficient (Wildman–Crippen LogP) is 6.97. The van der Waals surface area contributed by atoms with E-state index in [0.717, 1.165) is 36.7 Å². The van der Waals surface area contributed by atoms with Crippen molar-refractivity contribution in [2.75, 3.05) is 26.2 Å². The number of allylic oxidation sites excluding steroid dienone is 1. The Labute approximate surface area is 199 Å². The van der Waals surface area contributed by atoms with Gasteiger partial charge < -0.3 is 14.4 Å². The minimum absolute atomic E-state index is 0. The predicted molar refractivity (Wildman–Crippen MR) is 138 cm³/mol. The van der Waals surface area contributed by atoms with E-state index in [2.05, 4.69) is 80.3 Å². The molecule has 0 aliphatic rings. The Morgan fingerprint density at radius 1 is 0.781 bits per heavy atom. The van der Waals surface area contributed by atoms with Crippen LogP contribution in [0.15, 0.2) is 78.9 Å². The van der Waals surface area contributed by atoms with Crippen LogP contribution in [-0.2, 0) is 6.61 Å². The van der Waals surface area contributed by atoms with Gasteiger partial charge in [0.25, 0.3) is 0 Å². The third kappa shape index (κ3) is 8.07. The smallest absolute Gasteiger partial charge is 0.119 e. The minimum Gasteiger partial charge on any atom is -0.492 e. The summed E-state index contributed by atoms with van der Waals surface area (Å²) >= 11 is 0. The van der Waals surface area contributed by atoms with E-state index in [1.807, 2.05) is 30.3 Å². The Kier molecular flexibility index (Phi) is 10.9. The zero-order valence-electron chi connectivity index (χ0n) is 19.3. The van der Waals surface area contributed by atoms with Crippen LogP contribution in [0.4, 0.5) is 0 Å². The molecule has 0 fully saturated rings. The van der Waals surface area contributed by atoms with Gasteiger partial charge in [0.05, 0.1) is 0 Å². The number of rotatable bonds is 11. The van der Waals surface area contributed by atoms with E-state index >= 15 is 0 Å². The van der Waals surface area contributed by atoms with Crippen LogP contribution in [0.2, 0.25) is 0 Å². The van der Waals surface area contributed by atoms with Crippen molar-refractivity contribution in [2.24, 2.45) is 0 Å². The average Bonchev–Trinajstić information content (AvgIpc) is 2.82. The van der Waals surface area contributed by atoms with Gasteiger partial charge in [-0.25, -0.2) is 0 Å². The molecule has 4 heteroatoms. The Morgan fingerprint density at radius 3 is 2.00 bits per heavy atom. The molecule has 0 N–H and O–H groups in total. The van der Waals surface area contributed by atoms with E-state index in [1.54, 1.807) is 0 Å². The molecule has 0 aromatic heterocycles. The van der Waals surface area contributed by atoms with Gasteiger partial charge in [0.1, 0.15) is 24.7 Å². The fourth-order valence-corrected chi connectivity index (χ4v) is 3.38. The third-order valence-corrected chi connectivity index (χ3v) is 5.39. The van der Waals surface area contributed by atoms with Gasteiger partial charge in [-0.2, -0.15) is 0 Å². The van der Waals surface area contributed by atoms with Gasteiger partial charge in [-0.1, -0.05) is 74.5 Å². The zero-order chi connectivity index (χ0) is 21.9. The molecule has 0 bridgehead atoms. The van der Waals surface area contributed by atoms with Gasteiger partial charge >= 0.3 is 0 Å². The Bertz CT molecular complexity index is 933. The number of hydrogen-bond acceptors (Lipinski definition) is 3. The summed E-state index contributed by atoms with van der Waals surface area (Å²) < 4.78 is 11.8. The quantitative estimate of drug-likeness (QED) is 0.294. The number of halogens is 1. The Hall–Kier alpha value is -2.75. The normalized spacial score (nSPS) is 11.2. The molecule has 0 aliphatic carbocycles. The number of benzene rings is 3. The maximum Gasteiger partial charge on any atom is 0.119 e. The lowest BCUT2D eigenvalue weighted by Gasteiger charge is -2.18. The van der Waals surface area contributed by atoms with Gasteiger partial charge in [0, 0.05) is 6.54 Å². The first-order valence-corrected chi connectivity index (χ1v) is 11.1. The molecule has 0 radical (unpaired) electrons. The highest BCUT2D eigenvalue weighted by atomic mass is 35.5. The molecule has 0 saturated carbocycles. The molecule has 0 unspecified atom stereocenters. The van der Waals surface area contributed by atoms with Crippen LogP contribution in [0.25, 0.3) is 11.6 Å². The van der Waals surface area contributed by atoms with Crippen LogP contribution in [-0.4, -0.2) is 31.1 Å². The molecule has 0 heterocycles. The maximum atomic E-state index is 5.89. The molecular weight excluding hydrogens is 418 g/mol. The van der Waals surface area contributed by atoms with Crippen molar-refractivity contribution in [1.82, 2.24) is 4.90 Å².